The van der Waals surface area contributed by atoms with Gasteiger partial charge in [0.05, 0.1) is 12.4 Å². The van der Waals surface area contributed by atoms with Crippen molar-refractivity contribution in [1.29, 1.82) is 0 Å². The van der Waals surface area contributed by atoms with E-state index in [-0.39, 0.29) is 5.56 Å². The predicted molar refractivity (Wildman–Crippen MR) is 67.8 cm³/mol. The van der Waals surface area contributed by atoms with E-state index >= 15 is 0 Å². The van der Waals surface area contributed by atoms with Crippen LogP contribution in [0.3, 0.4) is 0 Å². The molecule has 1 aliphatic carbocycles. The van der Waals surface area contributed by atoms with E-state index in [9.17, 15) is 4.79 Å². The molecule has 0 bridgehead atoms. The second kappa shape index (κ2) is 3.34. The fourth-order valence-corrected chi connectivity index (χ4v) is 3.31. The molecular weight excluding hydrogens is 230 g/mol. The van der Waals surface area contributed by atoms with Crippen molar-refractivity contribution in [3.05, 3.63) is 16.7 Å². The summed E-state index contributed by atoms with van der Waals surface area (Å²) in [6.45, 7) is 2.75. The van der Waals surface area contributed by atoms with Crippen molar-refractivity contribution >= 4 is 17.1 Å². The highest BCUT2D eigenvalue weighted by atomic mass is 16.1. The molecule has 2 atom stereocenters. The topological polar surface area (TPSA) is 64.7 Å². The van der Waals surface area contributed by atoms with Crippen molar-refractivity contribution < 1.29 is 0 Å². The summed E-state index contributed by atoms with van der Waals surface area (Å²) in [5.74, 6) is 0.698. The van der Waals surface area contributed by atoms with Crippen LogP contribution >= 0.6 is 0 Å². The number of rotatable bonds is 1. The van der Waals surface area contributed by atoms with E-state index in [0.29, 0.717) is 23.5 Å². The summed E-state index contributed by atoms with van der Waals surface area (Å²) >= 11 is 0. The molecule has 0 saturated heterocycles. The highest BCUT2D eigenvalue weighted by molar-refractivity contribution is 5.73. The standard InChI is InChI=1S/C12H15N5O/c1-2-16-6-13-10-9(16)11(18)15-12-14-7-4-3-5-8(7)17(10)12/h6-8H,2-5H2,1H3,(H,14,15,18)/t7-,8+/m1/s1. The van der Waals surface area contributed by atoms with Crippen molar-refractivity contribution in [2.75, 3.05) is 5.32 Å². The lowest BCUT2D eigenvalue weighted by molar-refractivity contribution is 0.543. The molecule has 1 saturated carbocycles. The van der Waals surface area contributed by atoms with E-state index < -0.39 is 0 Å². The number of fused-ring (bicyclic) bond motifs is 5. The predicted octanol–water partition coefficient (Wildman–Crippen LogP) is 1.13. The summed E-state index contributed by atoms with van der Waals surface area (Å²) in [4.78, 5) is 20.7. The van der Waals surface area contributed by atoms with Gasteiger partial charge in [0.15, 0.2) is 11.2 Å². The number of aryl methyl sites for hydroxylation is 1. The number of imidazole rings is 1. The van der Waals surface area contributed by atoms with Crippen molar-refractivity contribution in [2.24, 2.45) is 0 Å². The van der Waals surface area contributed by atoms with E-state index in [1.807, 2.05) is 11.5 Å². The normalized spacial score (nSPS) is 25.2. The van der Waals surface area contributed by atoms with Gasteiger partial charge in [-0.3, -0.25) is 9.36 Å². The highest BCUT2D eigenvalue weighted by Crippen LogP contribution is 2.39. The molecule has 0 unspecified atom stereocenters. The van der Waals surface area contributed by atoms with Gasteiger partial charge in [-0.15, -0.1) is 0 Å². The maximum Gasteiger partial charge on any atom is 0.300 e. The van der Waals surface area contributed by atoms with Crippen LogP contribution in [-0.2, 0) is 6.54 Å². The second-order valence-electron chi connectivity index (χ2n) is 5.06. The van der Waals surface area contributed by atoms with Crippen LogP contribution in [0.25, 0.3) is 11.2 Å². The molecule has 3 heterocycles. The maximum atomic E-state index is 12.1. The third-order valence-electron chi connectivity index (χ3n) is 4.15. The molecule has 0 radical (unpaired) electrons. The zero-order chi connectivity index (χ0) is 12.3. The number of nitrogens with zero attached hydrogens (tertiary/aromatic N) is 4. The Balaban J connectivity index is 2.06. The zero-order valence-electron chi connectivity index (χ0n) is 10.3. The number of hydrogen-bond donors (Lipinski definition) is 1. The van der Waals surface area contributed by atoms with E-state index in [4.69, 9.17) is 0 Å². The number of anilines is 1. The monoisotopic (exact) mass is 245 g/mol. The lowest BCUT2D eigenvalue weighted by Crippen LogP contribution is -2.16. The minimum atomic E-state index is -0.178. The van der Waals surface area contributed by atoms with Gasteiger partial charge in [-0.1, -0.05) is 0 Å². The molecule has 2 aliphatic rings. The Hall–Kier alpha value is -1.85. The molecule has 2 aromatic heterocycles. The summed E-state index contributed by atoms with van der Waals surface area (Å²) in [5.41, 5.74) is 1.24. The van der Waals surface area contributed by atoms with Crippen LogP contribution < -0.4 is 10.9 Å². The molecule has 18 heavy (non-hydrogen) atoms. The third kappa shape index (κ3) is 1.10. The van der Waals surface area contributed by atoms with E-state index in [1.165, 1.54) is 6.42 Å². The number of nitrogens with one attached hydrogen (secondary N) is 1. The largest absolute Gasteiger partial charge is 0.351 e. The molecule has 0 amide bonds. The molecule has 1 fully saturated rings. The van der Waals surface area contributed by atoms with Crippen LogP contribution in [0, 0.1) is 0 Å². The highest BCUT2D eigenvalue weighted by Gasteiger charge is 2.38. The first kappa shape index (κ1) is 10.1. The van der Waals surface area contributed by atoms with Gasteiger partial charge in [0.1, 0.15) is 0 Å². The van der Waals surface area contributed by atoms with Crippen LogP contribution in [0.2, 0.25) is 0 Å². The van der Waals surface area contributed by atoms with Gasteiger partial charge in [-0.25, -0.2) is 4.98 Å². The number of aromatic nitrogens is 4. The summed E-state index contributed by atoms with van der Waals surface area (Å²) < 4.78 is 4.00. The summed E-state index contributed by atoms with van der Waals surface area (Å²) in [7, 11) is 0. The SMILES string of the molecule is CCn1cnc2c1c(=O)nc1n2[C@H]2CCC[C@H]2N1. The number of hydrogen-bond acceptors (Lipinski definition) is 4. The lowest BCUT2D eigenvalue weighted by atomic mass is 10.2. The Bertz CT molecular complexity index is 686. The smallest absolute Gasteiger partial charge is 0.300 e. The minimum Gasteiger partial charge on any atom is -0.351 e. The Morgan fingerprint density at radius 2 is 2.39 bits per heavy atom. The third-order valence-corrected chi connectivity index (χ3v) is 4.15. The van der Waals surface area contributed by atoms with Crippen LogP contribution in [-0.4, -0.2) is 25.1 Å². The molecule has 0 aromatic carbocycles. The Labute approximate surface area is 104 Å². The Morgan fingerprint density at radius 3 is 3.22 bits per heavy atom. The van der Waals surface area contributed by atoms with Gasteiger partial charge in [0.2, 0.25) is 5.95 Å². The van der Waals surface area contributed by atoms with E-state index in [1.54, 1.807) is 6.33 Å². The quantitative estimate of drug-likeness (QED) is 0.818. The molecular formula is C12H15N5O. The van der Waals surface area contributed by atoms with Gasteiger partial charge in [-0.2, -0.15) is 4.98 Å². The van der Waals surface area contributed by atoms with Crippen LogP contribution in [0.15, 0.2) is 11.1 Å². The molecule has 2 aromatic rings. The van der Waals surface area contributed by atoms with Crippen molar-refractivity contribution in [3.63, 3.8) is 0 Å². The van der Waals surface area contributed by atoms with Gasteiger partial charge in [0.25, 0.3) is 0 Å². The lowest BCUT2D eigenvalue weighted by Gasteiger charge is -2.11. The van der Waals surface area contributed by atoms with E-state index in [0.717, 1.165) is 25.0 Å². The van der Waals surface area contributed by atoms with Gasteiger partial charge < -0.3 is 9.88 Å². The maximum absolute atomic E-state index is 12.1. The molecule has 1 aliphatic heterocycles. The molecule has 6 heteroatoms. The van der Waals surface area contributed by atoms with Crippen molar-refractivity contribution in [2.45, 2.75) is 44.8 Å². The molecule has 0 spiro atoms. The first-order valence-corrected chi connectivity index (χ1v) is 6.53. The van der Waals surface area contributed by atoms with Crippen LogP contribution in [0.1, 0.15) is 32.2 Å². The van der Waals surface area contributed by atoms with Crippen LogP contribution in [0.4, 0.5) is 5.95 Å². The van der Waals surface area contributed by atoms with Crippen molar-refractivity contribution in [1.82, 2.24) is 19.1 Å². The fraction of sp³-hybridized carbons (Fsp3) is 0.583. The fourth-order valence-electron chi connectivity index (χ4n) is 3.31. The molecule has 4 rings (SSSR count). The Kier molecular flexibility index (Phi) is 1.87. The summed E-state index contributed by atoms with van der Waals surface area (Å²) in [5, 5.41) is 3.36. The Morgan fingerprint density at radius 1 is 1.50 bits per heavy atom. The first-order valence-electron chi connectivity index (χ1n) is 6.53. The average molecular weight is 245 g/mol. The van der Waals surface area contributed by atoms with Gasteiger partial charge in [0, 0.05) is 12.6 Å². The second-order valence-corrected chi connectivity index (χ2v) is 5.06. The zero-order valence-corrected chi connectivity index (χ0v) is 10.3. The minimum absolute atomic E-state index is 0.178. The van der Waals surface area contributed by atoms with E-state index in [2.05, 4.69) is 19.9 Å². The van der Waals surface area contributed by atoms with Gasteiger partial charge in [-0.05, 0) is 26.2 Å². The summed E-state index contributed by atoms with van der Waals surface area (Å²) in [6, 6.07) is 0.838. The summed E-state index contributed by atoms with van der Waals surface area (Å²) in [6.07, 6.45) is 5.26. The van der Waals surface area contributed by atoms with Gasteiger partial charge >= 0.3 is 5.56 Å². The molecule has 6 nitrogen and oxygen atoms in total. The molecule has 94 valence electrons. The van der Waals surface area contributed by atoms with Crippen LogP contribution in [0.5, 0.6) is 0 Å². The first-order chi connectivity index (χ1) is 8.79. The van der Waals surface area contributed by atoms with Crippen molar-refractivity contribution in [3.8, 4) is 0 Å². The molecule has 1 N–H and O–H groups in total. The average Bonchev–Trinajstić information content (AvgIpc) is 3.00.